The highest BCUT2D eigenvalue weighted by Gasteiger charge is 2.08. The van der Waals surface area contributed by atoms with Crippen LogP contribution in [0.2, 0.25) is 10.3 Å². The molecule has 0 aliphatic carbocycles. The summed E-state index contributed by atoms with van der Waals surface area (Å²) in [6.07, 6.45) is 0. The smallest absolute Gasteiger partial charge is 0.348 e. The minimum absolute atomic E-state index is 0.124. The van der Waals surface area contributed by atoms with Crippen LogP contribution in [0.4, 0.5) is 0 Å². The Labute approximate surface area is 112 Å². The van der Waals surface area contributed by atoms with E-state index in [1.807, 2.05) is 5.38 Å². The van der Waals surface area contributed by atoms with Gasteiger partial charge in [0.15, 0.2) is 0 Å². The van der Waals surface area contributed by atoms with E-state index in [-0.39, 0.29) is 22.9 Å². The van der Waals surface area contributed by atoms with Crippen molar-refractivity contribution in [3.63, 3.8) is 0 Å². The third-order valence-electron chi connectivity index (χ3n) is 1.91. The second-order valence-corrected chi connectivity index (χ2v) is 4.90. The molecule has 2 aromatic rings. The molecular formula is C11H7Cl2NO2S. The Morgan fingerprint density at radius 1 is 1.35 bits per heavy atom. The molecule has 0 unspecified atom stereocenters. The summed E-state index contributed by atoms with van der Waals surface area (Å²) < 4.78 is 5.11. The molecule has 0 spiro atoms. The largest absolute Gasteiger partial charge is 0.457 e. The Kier molecular flexibility index (Phi) is 3.99. The van der Waals surface area contributed by atoms with E-state index in [0.717, 1.165) is 0 Å². The second kappa shape index (κ2) is 5.49. The van der Waals surface area contributed by atoms with Crippen LogP contribution in [0.1, 0.15) is 15.2 Å². The number of pyridine rings is 1. The Balaban J connectivity index is 2.00. The van der Waals surface area contributed by atoms with Crippen LogP contribution in [0.3, 0.4) is 0 Å². The summed E-state index contributed by atoms with van der Waals surface area (Å²) in [5.74, 6) is -0.357. The Hall–Kier alpha value is -1.10. The van der Waals surface area contributed by atoms with E-state index in [1.165, 1.54) is 11.3 Å². The molecule has 2 heterocycles. The minimum Gasteiger partial charge on any atom is -0.457 e. The van der Waals surface area contributed by atoms with Crippen molar-refractivity contribution in [2.45, 2.75) is 6.61 Å². The molecule has 0 saturated heterocycles. The maximum atomic E-state index is 11.6. The topological polar surface area (TPSA) is 39.2 Å². The van der Waals surface area contributed by atoms with Crippen LogP contribution in [0.15, 0.2) is 29.6 Å². The van der Waals surface area contributed by atoms with E-state index in [9.17, 15) is 4.79 Å². The van der Waals surface area contributed by atoms with Gasteiger partial charge < -0.3 is 4.74 Å². The van der Waals surface area contributed by atoms with Crippen LogP contribution in [-0.2, 0) is 11.3 Å². The van der Waals surface area contributed by atoms with Crippen LogP contribution >= 0.6 is 34.5 Å². The molecular weight excluding hydrogens is 281 g/mol. The van der Waals surface area contributed by atoms with Gasteiger partial charge in [0.05, 0.1) is 0 Å². The molecule has 0 atom stereocenters. The average molecular weight is 288 g/mol. The molecule has 3 nitrogen and oxygen atoms in total. The number of nitrogens with zero attached hydrogens (tertiary/aromatic N) is 1. The minimum atomic E-state index is -0.357. The van der Waals surface area contributed by atoms with E-state index in [0.29, 0.717) is 10.4 Å². The number of hydrogen-bond acceptors (Lipinski definition) is 4. The Bertz CT molecular complexity index is 508. The lowest BCUT2D eigenvalue weighted by Gasteiger charge is -2.04. The fourth-order valence-electron chi connectivity index (χ4n) is 1.21. The van der Waals surface area contributed by atoms with Gasteiger partial charge in [-0.25, -0.2) is 9.78 Å². The molecule has 88 valence electrons. The number of esters is 1. The number of hydrogen-bond donors (Lipinski definition) is 0. The van der Waals surface area contributed by atoms with Gasteiger partial charge in [-0.15, -0.1) is 11.3 Å². The molecule has 0 fully saturated rings. The maximum Gasteiger partial charge on any atom is 0.348 e. The normalized spacial score (nSPS) is 10.2. The number of carbonyl (C=O) groups is 1. The van der Waals surface area contributed by atoms with E-state index >= 15 is 0 Å². The molecule has 2 rings (SSSR count). The molecule has 0 aliphatic heterocycles. The first kappa shape index (κ1) is 12.4. The molecule has 0 radical (unpaired) electrons. The standard InChI is InChI=1S/C11H7Cl2NO2S/c12-9-4-7(5-10(13)14-9)6-16-11(15)8-2-1-3-17-8/h1-5H,6H2. The lowest BCUT2D eigenvalue weighted by molar-refractivity contribution is 0.0478. The summed E-state index contributed by atoms with van der Waals surface area (Å²) in [4.78, 5) is 15.9. The van der Waals surface area contributed by atoms with E-state index in [2.05, 4.69) is 4.98 Å². The molecule has 6 heteroatoms. The fourth-order valence-corrected chi connectivity index (χ4v) is 2.33. The molecule has 0 saturated carbocycles. The molecule has 0 bridgehead atoms. The summed E-state index contributed by atoms with van der Waals surface area (Å²) in [5.41, 5.74) is 0.708. The van der Waals surface area contributed by atoms with Gasteiger partial charge in [0.25, 0.3) is 0 Å². The highest BCUT2D eigenvalue weighted by molar-refractivity contribution is 7.11. The van der Waals surface area contributed by atoms with Crippen molar-refractivity contribution in [3.8, 4) is 0 Å². The molecule has 0 aliphatic rings. The molecule has 0 amide bonds. The summed E-state index contributed by atoms with van der Waals surface area (Å²) in [5, 5.41) is 2.37. The SMILES string of the molecule is O=C(OCc1cc(Cl)nc(Cl)c1)c1cccs1. The van der Waals surface area contributed by atoms with Gasteiger partial charge in [-0.3, -0.25) is 0 Å². The quantitative estimate of drug-likeness (QED) is 0.637. The number of ether oxygens (including phenoxy) is 1. The highest BCUT2D eigenvalue weighted by Crippen LogP contribution is 2.16. The van der Waals surface area contributed by atoms with Gasteiger partial charge >= 0.3 is 5.97 Å². The first-order valence-electron chi connectivity index (χ1n) is 4.68. The Morgan fingerprint density at radius 3 is 2.65 bits per heavy atom. The third-order valence-corrected chi connectivity index (χ3v) is 3.15. The van der Waals surface area contributed by atoms with Crippen molar-refractivity contribution in [3.05, 3.63) is 50.4 Å². The zero-order chi connectivity index (χ0) is 12.3. The molecule has 0 aromatic carbocycles. The van der Waals surface area contributed by atoms with Crippen molar-refractivity contribution in [1.29, 1.82) is 0 Å². The van der Waals surface area contributed by atoms with Gasteiger partial charge in [0.2, 0.25) is 0 Å². The summed E-state index contributed by atoms with van der Waals surface area (Å²) in [6, 6.07) is 6.71. The first-order valence-corrected chi connectivity index (χ1v) is 6.31. The monoisotopic (exact) mass is 287 g/mol. The maximum absolute atomic E-state index is 11.6. The lowest BCUT2D eigenvalue weighted by atomic mass is 10.3. The number of aromatic nitrogens is 1. The van der Waals surface area contributed by atoms with E-state index < -0.39 is 0 Å². The van der Waals surface area contributed by atoms with Gasteiger partial charge in [-0.05, 0) is 29.1 Å². The molecule has 0 N–H and O–H groups in total. The lowest BCUT2D eigenvalue weighted by Crippen LogP contribution is -2.03. The predicted octanol–water partition coefficient (Wildman–Crippen LogP) is 3.81. The van der Waals surface area contributed by atoms with Gasteiger partial charge in [0, 0.05) is 0 Å². The van der Waals surface area contributed by atoms with Crippen LogP contribution in [-0.4, -0.2) is 11.0 Å². The number of thiophene rings is 1. The Morgan fingerprint density at radius 2 is 2.06 bits per heavy atom. The number of rotatable bonds is 3. The first-order chi connectivity index (χ1) is 8.15. The van der Waals surface area contributed by atoms with Crippen LogP contribution in [0.25, 0.3) is 0 Å². The van der Waals surface area contributed by atoms with Crippen molar-refractivity contribution >= 4 is 40.5 Å². The van der Waals surface area contributed by atoms with Crippen molar-refractivity contribution in [1.82, 2.24) is 4.98 Å². The van der Waals surface area contributed by atoms with E-state index in [4.69, 9.17) is 27.9 Å². The van der Waals surface area contributed by atoms with Gasteiger partial charge in [-0.1, -0.05) is 29.3 Å². The zero-order valence-corrected chi connectivity index (χ0v) is 10.9. The summed E-state index contributed by atoms with van der Waals surface area (Å²) in [6.45, 7) is 0.124. The van der Waals surface area contributed by atoms with Gasteiger partial charge in [-0.2, -0.15) is 0 Å². The fraction of sp³-hybridized carbons (Fsp3) is 0.0909. The summed E-state index contributed by atoms with van der Waals surface area (Å²) in [7, 11) is 0. The van der Waals surface area contributed by atoms with Crippen LogP contribution in [0, 0.1) is 0 Å². The van der Waals surface area contributed by atoms with E-state index in [1.54, 1.807) is 24.3 Å². The predicted molar refractivity (Wildman–Crippen MR) is 67.7 cm³/mol. The van der Waals surface area contributed by atoms with Crippen molar-refractivity contribution in [2.75, 3.05) is 0 Å². The third kappa shape index (κ3) is 3.43. The van der Waals surface area contributed by atoms with Gasteiger partial charge in [0.1, 0.15) is 21.8 Å². The average Bonchev–Trinajstić information content (AvgIpc) is 2.78. The van der Waals surface area contributed by atoms with Crippen LogP contribution < -0.4 is 0 Å². The van der Waals surface area contributed by atoms with Crippen molar-refractivity contribution < 1.29 is 9.53 Å². The zero-order valence-electron chi connectivity index (χ0n) is 8.52. The second-order valence-electron chi connectivity index (χ2n) is 3.17. The number of halogens is 2. The summed E-state index contributed by atoms with van der Waals surface area (Å²) >= 11 is 12.8. The molecule has 17 heavy (non-hydrogen) atoms. The van der Waals surface area contributed by atoms with Crippen LogP contribution in [0.5, 0.6) is 0 Å². The van der Waals surface area contributed by atoms with Crippen molar-refractivity contribution in [2.24, 2.45) is 0 Å². The number of carbonyl (C=O) groups excluding carboxylic acids is 1. The molecule has 2 aromatic heterocycles. The highest BCUT2D eigenvalue weighted by atomic mass is 35.5.